The minimum Gasteiger partial charge on any atom is -0.497 e. The fourth-order valence-corrected chi connectivity index (χ4v) is 2.70. The zero-order chi connectivity index (χ0) is 13.5. The van der Waals surface area contributed by atoms with E-state index in [1.165, 1.54) is 19.4 Å². The summed E-state index contributed by atoms with van der Waals surface area (Å²) in [6.45, 7) is 3.97. The highest BCUT2D eigenvalue weighted by atomic mass is 35.5. The molecule has 1 aromatic rings. The zero-order valence-corrected chi connectivity index (χ0v) is 12.2. The highest BCUT2D eigenvalue weighted by Gasteiger charge is 2.18. The molecule has 0 N–H and O–H groups in total. The molecule has 0 amide bonds. The third kappa shape index (κ3) is 4.59. The molecule has 1 aromatic carbocycles. The molecule has 0 bridgehead atoms. The van der Waals surface area contributed by atoms with Gasteiger partial charge in [-0.05, 0) is 49.6 Å². The molecule has 2 rings (SSSR count). The highest BCUT2D eigenvalue weighted by molar-refractivity contribution is 6.18. The summed E-state index contributed by atoms with van der Waals surface area (Å²) >= 11 is 5.93. The summed E-state index contributed by atoms with van der Waals surface area (Å²) in [7, 11) is 1.67. The van der Waals surface area contributed by atoms with Crippen molar-refractivity contribution in [3.8, 4) is 11.5 Å². The van der Waals surface area contributed by atoms with Crippen molar-refractivity contribution < 1.29 is 9.47 Å². The maximum atomic E-state index is 5.93. The number of rotatable bonds is 6. The van der Waals surface area contributed by atoms with E-state index in [0.29, 0.717) is 5.92 Å². The van der Waals surface area contributed by atoms with Crippen LogP contribution in [0.15, 0.2) is 24.3 Å². The molecule has 0 saturated carbocycles. The maximum absolute atomic E-state index is 5.93. The van der Waals surface area contributed by atoms with Crippen LogP contribution in [-0.4, -0.2) is 44.1 Å². The first-order chi connectivity index (χ1) is 9.31. The van der Waals surface area contributed by atoms with E-state index in [-0.39, 0.29) is 0 Å². The quantitative estimate of drug-likeness (QED) is 0.749. The summed E-state index contributed by atoms with van der Waals surface area (Å²) in [5.74, 6) is 3.17. The standard InChI is InChI=1S/C15H22ClNO2/c1-18-14-4-6-15(7-5-14)19-10-9-17-8-2-3-13(11-16)12-17/h4-7,13H,2-3,8-12H2,1H3. The van der Waals surface area contributed by atoms with Crippen LogP contribution in [-0.2, 0) is 0 Å². The normalized spacial score (nSPS) is 20.2. The summed E-state index contributed by atoms with van der Waals surface area (Å²) < 4.78 is 10.9. The summed E-state index contributed by atoms with van der Waals surface area (Å²) in [6, 6.07) is 7.71. The van der Waals surface area contributed by atoms with Crippen LogP contribution in [0.3, 0.4) is 0 Å². The van der Waals surface area contributed by atoms with Crippen LogP contribution in [0.5, 0.6) is 11.5 Å². The maximum Gasteiger partial charge on any atom is 0.119 e. The Hall–Kier alpha value is -0.930. The summed E-state index contributed by atoms with van der Waals surface area (Å²) in [5, 5.41) is 0. The molecule has 1 aliphatic heterocycles. The lowest BCUT2D eigenvalue weighted by Gasteiger charge is -2.31. The van der Waals surface area contributed by atoms with E-state index in [1.54, 1.807) is 7.11 Å². The topological polar surface area (TPSA) is 21.7 Å². The number of likely N-dealkylation sites (tertiary alicyclic amines) is 1. The van der Waals surface area contributed by atoms with Gasteiger partial charge in [-0.3, -0.25) is 4.90 Å². The fourth-order valence-electron chi connectivity index (χ4n) is 2.44. The Bertz CT molecular complexity index is 369. The van der Waals surface area contributed by atoms with Crippen molar-refractivity contribution in [2.45, 2.75) is 12.8 Å². The predicted octanol–water partition coefficient (Wildman–Crippen LogP) is 3.02. The van der Waals surface area contributed by atoms with Crippen molar-refractivity contribution in [1.29, 1.82) is 0 Å². The number of ether oxygens (including phenoxy) is 2. The average molecular weight is 284 g/mol. The second-order valence-corrected chi connectivity index (χ2v) is 5.30. The lowest BCUT2D eigenvalue weighted by molar-refractivity contribution is 0.154. The third-order valence-electron chi connectivity index (χ3n) is 3.56. The fraction of sp³-hybridized carbons (Fsp3) is 0.600. The molecule has 1 aliphatic rings. The number of nitrogens with zero attached hydrogens (tertiary/aromatic N) is 1. The summed E-state index contributed by atoms with van der Waals surface area (Å²) in [6.07, 6.45) is 2.51. The van der Waals surface area contributed by atoms with E-state index in [0.717, 1.165) is 37.1 Å². The minimum absolute atomic E-state index is 0.649. The second kappa shape index (κ2) is 7.61. The van der Waals surface area contributed by atoms with Gasteiger partial charge in [0.15, 0.2) is 0 Å². The number of piperidine rings is 1. The molecule has 1 unspecified atom stereocenters. The van der Waals surface area contributed by atoms with Gasteiger partial charge in [0.05, 0.1) is 7.11 Å². The van der Waals surface area contributed by atoms with Gasteiger partial charge in [-0.2, -0.15) is 0 Å². The first-order valence-corrected chi connectivity index (χ1v) is 7.40. The number of methoxy groups -OCH3 is 1. The lowest BCUT2D eigenvalue weighted by Crippen LogP contribution is -2.38. The van der Waals surface area contributed by atoms with Gasteiger partial charge < -0.3 is 9.47 Å². The molecular weight excluding hydrogens is 262 g/mol. The van der Waals surface area contributed by atoms with Crippen molar-refractivity contribution in [2.75, 3.05) is 39.2 Å². The molecule has 1 heterocycles. The molecule has 106 valence electrons. The molecule has 1 atom stereocenters. The Kier molecular flexibility index (Phi) is 5.80. The van der Waals surface area contributed by atoms with Crippen LogP contribution in [0.25, 0.3) is 0 Å². The van der Waals surface area contributed by atoms with Gasteiger partial charge in [-0.1, -0.05) is 0 Å². The molecule has 0 aliphatic carbocycles. The SMILES string of the molecule is COc1ccc(OCCN2CCCC(CCl)C2)cc1. The zero-order valence-electron chi connectivity index (χ0n) is 11.5. The molecule has 0 spiro atoms. The molecule has 1 saturated heterocycles. The van der Waals surface area contributed by atoms with E-state index in [2.05, 4.69) is 4.90 Å². The van der Waals surface area contributed by atoms with Crippen LogP contribution in [0, 0.1) is 5.92 Å². The van der Waals surface area contributed by atoms with Crippen molar-refractivity contribution in [3.63, 3.8) is 0 Å². The third-order valence-corrected chi connectivity index (χ3v) is 3.99. The van der Waals surface area contributed by atoms with Crippen LogP contribution in [0.2, 0.25) is 0 Å². The van der Waals surface area contributed by atoms with E-state index in [4.69, 9.17) is 21.1 Å². The molecule has 3 nitrogen and oxygen atoms in total. The van der Waals surface area contributed by atoms with Gasteiger partial charge in [-0.25, -0.2) is 0 Å². The number of halogens is 1. The van der Waals surface area contributed by atoms with Gasteiger partial charge in [0.25, 0.3) is 0 Å². The first kappa shape index (κ1) is 14.5. The average Bonchev–Trinajstić information content (AvgIpc) is 2.48. The van der Waals surface area contributed by atoms with Crippen LogP contribution >= 0.6 is 11.6 Å². The monoisotopic (exact) mass is 283 g/mol. The van der Waals surface area contributed by atoms with Crippen molar-refractivity contribution in [1.82, 2.24) is 4.90 Å². The minimum atomic E-state index is 0.649. The van der Waals surface area contributed by atoms with Gasteiger partial charge in [0.2, 0.25) is 0 Å². The van der Waals surface area contributed by atoms with E-state index in [1.807, 2.05) is 24.3 Å². The van der Waals surface area contributed by atoms with Crippen molar-refractivity contribution >= 4 is 11.6 Å². The summed E-state index contributed by atoms with van der Waals surface area (Å²) in [4.78, 5) is 2.44. The molecule has 1 fully saturated rings. The van der Waals surface area contributed by atoms with Gasteiger partial charge in [0, 0.05) is 19.0 Å². The summed E-state index contributed by atoms with van der Waals surface area (Å²) in [5.41, 5.74) is 0. The predicted molar refractivity (Wildman–Crippen MR) is 78.4 cm³/mol. The van der Waals surface area contributed by atoms with Crippen molar-refractivity contribution in [2.24, 2.45) is 5.92 Å². The van der Waals surface area contributed by atoms with E-state index < -0.39 is 0 Å². The molecule has 4 heteroatoms. The van der Waals surface area contributed by atoms with Crippen LogP contribution in [0.4, 0.5) is 0 Å². The number of hydrogen-bond donors (Lipinski definition) is 0. The molecule has 0 radical (unpaired) electrons. The first-order valence-electron chi connectivity index (χ1n) is 6.87. The van der Waals surface area contributed by atoms with E-state index in [9.17, 15) is 0 Å². The lowest BCUT2D eigenvalue weighted by atomic mass is 10.0. The van der Waals surface area contributed by atoms with E-state index >= 15 is 0 Å². The van der Waals surface area contributed by atoms with Gasteiger partial charge in [-0.15, -0.1) is 11.6 Å². The molecular formula is C15H22ClNO2. The van der Waals surface area contributed by atoms with Gasteiger partial charge >= 0.3 is 0 Å². The van der Waals surface area contributed by atoms with Gasteiger partial charge in [0.1, 0.15) is 18.1 Å². The van der Waals surface area contributed by atoms with Crippen molar-refractivity contribution in [3.05, 3.63) is 24.3 Å². The molecule has 0 aromatic heterocycles. The molecule has 19 heavy (non-hydrogen) atoms. The Morgan fingerprint density at radius 1 is 1.26 bits per heavy atom. The second-order valence-electron chi connectivity index (χ2n) is 4.99. The number of hydrogen-bond acceptors (Lipinski definition) is 3. The number of benzene rings is 1. The number of alkyl halides is 1. The Morgan fingerprint density at radius 3 is 2.68 bits per heavy atom. The Labute approximate surface area is 120 Å². The van der Waals surface area contributed by atoms with Crippen LogP contribution < -0.4 is 9.47 Å². The Balaban J connectivity index is 1.70. The largest absolute Gasteiger partial charge is 0.497 e. The highest BCUT2D eigenvalue weighted by Crippen LogP contribution is 2.19. The Morgan fingerprint density at radius 2 is 2.00 bits per heavy atom. The smallest absolute Gasteiger partial charge is 0.119 e. The van der Waals surface area contributed by atoms with Crippen LogP contribution in [0.1, 0.15) is 12.8 Å².